The summed E-state index contributed by atoms with van der Waals surface area (Å²) >= 11 is 1.45. The zero-order valence-electron chi connectivity index (χ0n) is 17.2. The Bertz CT molecular complexity index is 811. The van der Waals surface area contributed by atoms with Gasteiger partial charge < -0.3 is 9.64 Å². The minimum Gasteiger partial charge on any atom is -0.378 e. The largest absolute Gasteiger partial charge is 0.378 e. The second kappa shape index (κ2) is 7.72. The zero-order valence-corrected chi connectivity index (χ0v) is 18.0. The van der Waals surface area contributed by atoms with E-state index in [0.717, 1.165) is 42.1 Å². The van der Waals surface area contributed by atoms with Crippen LogP contribution in [0.5, 0.6) is 0 Å². The van der Waals surface area contributed by atoms with Crippen molar-refractivity contribution in [2.24, 2.45) is 12.5 Å². The van der Waals surface area contributed by atoms with Crippen LogP contribution in [0, 0.1) is 12.3 Å². The van der Waals surface area contributed by atoms with E-state index in [1.165, 1.54) is 11.3 Å². The van der Waals surface area contributed by atoms with Crippen LogP contribution in [0.2, 0.25) is 0 Å². The highest BCUT2D eigenvalue weighted by molar-refractivity contribution is 7.17. The molecule has 0 unspecified atom stereocenters. The molecule has 6 nitrogen and oxygen atoms in total. The molecule has 0 radical (unpaired) electrons. The van der Waals surface area contributed by atoms with Gasteiger partial charge in [0.15, 0.2) is 0 Å². The highest BCUT2D eigenvalue weighted by atomic mass is 32.1. The first-order valence-corrected chi connectivity index (χ1v) is 10.4. The second-order valence-corrected chi connectivity index (χ2v) is 9.04. The molecule has 2 aromatic heterocycles. The second-order valence-electron chi connectivity index (χ2n) is 8.04. The number of aromatic nitrogens is 3. The summed E-state index contributed by atoms with van der Waals surface area (Å²) in [7, 11) is 3.78. The van der Waals surface area contributed by atoms with Gasteiger partial charge in [0.2, 0.25) is 0 Å². The predicted octanol–water partition coefficient (Wildman–Crippen LogP) is 3.91. The number of hydrogen-bond acceptors (Lipinski definition) is 5. The summed E-state index contributed by atoms with van der Waals surface area (Å²) in [6, 6.07) is 0.181. The first kappa shape index (κ1) is 20.0. The third-order valence-corrected chi connectivity index (χ3v) is 6.87. The monoisotopic (exact) mass is 390 g/mol. The number of thiazole rings is 1. The normalized spacial score (nSPS) is 21.1. The van der Waals surface area contributed by atoms with Crippen LogP contribution in [0.1, 0.15) is 55.4 Å². The van der Waals surface area contributed by atoms with Crippen molar-refractivity contribution >= 4 is 17.2 Å². The fourth-order valence-electron chi connectivity index (χ4n) is 3.73. The average Bonchev–Trinajstić information content (AvgIpc) is 3.22. The van der Waals surface area contributed by atoms with Crippen molar-refractivity contribution in [2.75, 3.05) is 13.7 Å². The molecule has 2 aromatic rings. The van der Waals surface area contributed by atoms with Gasteiger partial charge in [-0.05, 0) is 19.8 Å². The molecule has 1 fully saturated rings. The number of unbranched alkanes of at least 4 members (excludes halogenated alkanes) is 1. The van der Waals surface area contributed by atoms with Crippen molar-refractivity contribution in [2.45, 2.75) is 59.1 Å². The summed E-state index contributed by atoms with van der Waals surface area (Å²) in [6.45, 7) is 9.27. The highest BCUT2D eigenvalue weighted by Gasteiger charge is 2.52. The molecule has 148 valence electrons. The maximum absolute atomic E-state index is 13.1. The van der Waals surface area contributed by atoms with Crippen molar-refractivity contribution in [3.05, 3.63) is 23.0 Å². The van der Waals surface area contributed by atoms with E-state index >= 15 is 0 Å². The molecule has 3 rings (SSSR count). The first-order chi connectivity index (χ1) is 12.8. The Hall–Kier alpha value is -1.73. The third kappa shape index (κ3) is 3.80. The molecule has 0 bridgehead atoms. The van der Waals surface area contributed by atoms with Crippen molar-refractivity contribution in [3.63, 3.8) is 0 Å². The molecule has 0 aromatic carbocycles. The van der Waals surface area contributed by atoms with Gasteiger partial charge in [-0.15, -0.1) is 11.3 Å². The summed E-state index contributed by atoms with van der Waals surface area (Å²) in [5.41, 5.74) is 1.69. The van der Waals surface area contributed by atoms with Crippen molar-refractivity contribution < 1.29 is 9.53 Å². The minimum absolute atomic E-state index is 0.0388. The van der Waals surface area contributed by atoms with E-state index in [2.05, 4.69) is 30.9 Å². The quantitative estimate of drug-likeness (QED) is 0.673. The third-order valence-electron chi connectivity index (χ3n) is 5.67. The number of ether oxygens (including phenoxy) is 1. The molecule has 0 spiro atoms. The Morgan fingerprint density at radius 1 is 1.48 bits per heavy atom. The van der Waals surface area contributed by atoms with E-state index in [1.54, 1.807) is 10.9 Å². The number of hydrogen-bond donors (Lipinski definition) is 0. The molecule has 27 heavy (non-hydrogen) atoms. The molecule has 1 saturated carbocycles. The molecule has 0 N–H and O–H groups in total. The van der Waals surface area contributed by atoms with Crippen LogP contribution in [0.3, 0.4) is 0 Å². The Labute approximate surface area is 165 Å². The van der Waals surface area contributed by atoms with E-state index in [1.807, 2.05) is 32.1 Å². The van der Waals surface area contributed by atoms with Crippen molar-refractivity contribution in [1.29, 1.82) is 0 Å². The SMILES string of the molecule is CCCCO[C@H]1C[C@H](N(C)C(=O)c2sc(-c3cnn(C)c3)nc2C)C1(C)C. The number of carbonyl (C=O) groups excluding carboxylic acids is 1. The van der Waals surface area contributed by atoms with Crippen molar-refractivity contribution in [1.82, 2.24) is 19.7 Å². The number of amides is 1. The molecule has 0 aliphatic heterocycles. The fourth-order valence-corrected chi connectivity index (χ4v) is 4.75. The van der Waals surface area contributed by atoms with E-state index in [0.29, 0.717) is 4.88 Å². The molecule has 2 atom stereocenters. The van der Waals surface area contributed by atoms with Gasteiger partial charge in [0.1, 0.15) is 9.88 Å². The highest BCUT2D eigenvalue weighted by Crippen LogP contribution is 2.46. The lowest BCUT2D eigenvalue weighted by Gasteiger charge is -2.54. The van der Waals surface area contributed by atoms with Crippen LogP contribution < -0.4 is 0 Å². The summed E-state index contributed by atoms with van der Waals surface area (Å²) in [5.74, 6) is 0.0465. The Morgan fingerprint density at radius 3 is 2.81 bits per heavy atom. The van der Waals surface area contributed by atoms with Crippen LogP contribution in [-0.4, -0.2) is 51.4 Å². The lowest BCUT2D eigenvalue weighted by atomic mass is 9.63. The van der Waals surface area contributed by atoms with E-state index < -0.39 is 0 Å². The van der Waals surface area contributed by atoms with Gasteiger partial charge in [-0.2, -0.15) is 5.10 Å². The molecule has 1 amide bonds. The number of nitrogens with zero attached hydrogens (tertiary/aromatic N) is 4. The van der Waals surface area contributed by atoms with Gasteiger partial charge in [-0.25, -0.2) is 4.98 Å². The molecule has 2 heterocycles. The van der Waals surface area contributed by atoms with E-state index in [9.17, 15) is 4.79 Å². The minimum atomic E-state index is -0.0388. The van der Waals surface area contributed by atoms with Crippen LogP contribution >= 0.6 is 11.3 Å². The smallest absolute Gasteiger partial charge is 0.265 e. The molecule has 1 aliphatic carbocycles. The fraction of sp³-hybridized carbons (Fsp3) is 0.650. The topological polar surface area (TPSA) is 60.2 Å². The van der Waals surface area contributed by atoms with Crippen LogP contribution in [0.25, 0.3) is 10.6 Å². The number of carbonyl (C=O) groups is 1. The average molecular weight is 391 g/mol. The zero-order chi connectivity index (χ0) is 19.8. The summed E-state index contributed by atoms with van der Waals surface area (Å²) in [6.07, 6.45) is 7.04. The van der Waals surface area contributed by atoms with E-state index in [-0.39, 0.29) is 23.5 Å². The van der Waals surface area contributed by atoms with Crippen LogP contribution in [0.15, 0.2) is 12.4 Å². The van der Waals surface area contributed by atoms with E-state index in [4.69, 9.17) is 4.74 Å². The van der Waals surface area contributed by atoms with Gasteiger partial charge >= 0.3 is 0 Å². The molecule has 7 heteroatoms. The molecular weight excluding hydrogens is 360 g/mol. The lowest BCUT2D eigenvalue weighted by molar-refractivity contribution is -0.140. The summed E-state index contributed by atoms with van der Waals surface area (Å²) in [4.78, 5) is 20.3. The van der Waals surface area contributed by atoms with Gasteiger partial charge in [0.25, 0.3) is 5.91 Å². The first-order valence-electron chi connectivity index (χ1n) is 9.60. The van der Waals surface area contributed by atoms with Crippen molar-refractivity contribution in [3.8, 4) is 10.6 Å². The summed E-state index contributed by atoms with van der Waals surface area (Å²) in [5, 5.41) is 5.03. The van der Waals surface area contributed by atoms with Crippen LogP contribution in [0.4, 0.5) is 0 Å². The number of aryl methyl sites for hydroxylation is 2. The standard InChI is InChI=1S/C20H30N4O2S/c1-7-8-9-26-16-10-15(20(16,3)4)24(6)19(25)17-13(2)22-18(27-17)14-11-21-23(5)12-14/h11-12,15-16H,7-10H2,1-6H3/t15-,16-/m0/s1. The van der Waals surface area contributed by atoms with Gasteiger partial charge in [-0.1, -0.05) is 27.2 Å². The number of rotatable bonds is 7. The Balaban J connectivity index is 1.70. The lowest BCUT2D eigenvalue weighted by Crippen LogP contribution is -2.62. The van der Waals surface area contributed by atoms with Crippen LogP contribution in [-0.2, 0) is 11.8 Å². The maximum Gasteiger partial charge on any atom is 0.265 e. The maximum atomic E-state index is 13.1. The Kier molecular flexibility index (Phi) is 5.72. The molecular formula is C20H30N4O2S. The van der Waals surface area contributed by atoms with Gasteiger partial charge in [0.05, 0.1) is 18.0 Å². The molecule has 1 aliphatic rings. The van der Waals surface area contributed by atoms with Gasteiger partial charge in [0, 0.05) is 43.9 Å². The Morgan fingerprint density at radius 2 is 2.22 bits per heavy atom. The van der Waals surface area contributed by atoms with Gasteiger partial charge in [-0.3, -0.25) is 9.48 Å². The molecule has 0 saturated heterocycles. The summed E-state index contributed by atoms with van der Waals surface area (Å²) < 4.78 is 7.78. The predicted molar refractivity (Wildman–Crippen MR) is 108 cm³/mol.